The molecule has 0 saturated carbocycles. The summed E-state index contributed by atoms with van der Waals surface area (Å²) in [7, 11) is -4.10. The van der Waals surface area contributed by atoms with Crippen LogP contribution in [0.25, 0.3) is 10.8 Å². The smallest absolute Gasteiger partial charge is 0.321 e. The van der Waals surface area contributed by atoms with E-state index in [-0.39, 0.29) is 30.6 Å². The summed E-state index contributed by atoms with van der Waals surface area (Å²) in [5.41, 5.74) is 2.81. The van der Waals surface area contributed by atoms with Gasteiger partial charge in [-0.3, -0.25) is 4.79 Å². The van der Waals surface area contributed by atoms with E-state index >= 15 is 0 Å². The van der Waals surface area contributed by atoms with E-state index in [2.05, 4.69) is 16.7 Å². The summed E-state index contributed by atoms with van der Waals surface area (Å²) in [5, 5.41) is 7.40. The summed E-state index contributed by atoms with van der Waals surface area (Å²) >= 11 is 0. The van der Waals surface area contributed by atoms with Crippen LogP contribution in [-0.2, 0) is 21.2 Å². The molecule has 2 atom stereocenters. The number of amides is 3. The molecule has 1 aliphatic carbocycles. The summed E-state index contributed by atoms with van der Waals surface area (Å²) in [6.45, 7) is 2.44. The second-order valence-electron chi connectivity index (χ2n) is 11.1. The van der Waals surface area contributed by atoms with Crippen LogP contribution in [0.2, 0.25) is 0 Å². The number of hydrogen-bond donors (Lipinski definition) is 2. The number of piperazine rings is 1. The molecule has 2 N–H and O–H groups in total. The van der Waals surface area contributed by atoms with Gasteiger partial charge in [-0.1, -0.05) is 60.7 Å². The number of nitrogens with one attached hydrogen (secondary N) is 2. The first-order valence-electron chi connectivity index (χ1n) is 15.0. The Kier molecular flexibility index (Phi) is 8.54. The van der Waals surface area contributed by atoms with Crippen LogP contribution in [0.1, 0.15) is 36.9 Å². The molecule has 0 radical (unpaired) electrons. The Labute approximate surface area is 257 Å². The third-order valence-corrected chi connectivity index (χ3v) is 10.3. The van der Waals surface area contributed by atoms with Gasteiger partial charge in [0.05, 0.1) is 17.5 Å². The van der Waals surface area contributed by atoms with Crippen molar-refractivity contribution in [1.82, 2.24) is 14.5 Å². The third kappa shape index (κ3) is 6.00. The van der Waals surface area contributed by atoms with Crippen LogP contribution >= 0.6 is 0 Å². The van der Waals surface area contributed by atoms with E-state index in [4.69, 9.17) is 4.74 Å². The van der Waals surface area contributed by atoms with Crippen LogP contribution in [0.3, 0.4) is 0 Å². The predicted molar refractivity (Wildman–Crippen MR) is 170 cm³/mol. The average Bonchev–Trinajstić information content (AvgIpc) is 3.05. The molecule has 4 aromatic rings. The summed E-state index contributed by atoms with van der Waals surface area (Å²) in [4.78, 5) is 29.1. The van der Waals surface area contributed by atoms with Gasteiger partial charge in [-0.2, -0.15) is 4.31 Å². The van der Waals surface area contributed by atoms with E-state index in [1.54, 1.807) is 48.5 Å². The highest BCUT2D eigenvalue weighted by Crippen LogP contribution is 2.32. The fraction of sp³-hybridized carbons (Fsp3) is 0.294. The number of rotatable bonds is 7. The van der Waals surface area contributed by atoms with Crippen molar-refractivity contribution in [3.63, 3.8) is 0 Å². The average molecular weight is 613 g/mol. The number of nitrogens with zero attached hydrogens (tertiary/aromatic N) is 2. The number of anilines is 1. The SMILES string of the molecule is CCOc1ccc(NC(=O)N2CCN(S(=O)(=O)c3cccc4ccccc34)C(C(=O)NC3CCCc4ccccc43)C2)cc1. The zero-order chi connectivity index (χ0) is 30.7. The number of benzene rings is 4. The Morgan fingerprint density at radius 1 is 0.909 bits per heavy atom. The predicted octanol–water partition coefficient (Wildman–Crippen LogP) is 5.34. The first-order chi connectivity index (χ1) is 21.3. The van der Waals surface area contributed by atoms with Crippen molar-refractivity contribution in [2.24, 2.45) is 0 Å². The maximum Gasteiger partial charge on any atom is 0.321 e. The van der Waals surface area contributed by atoms with Crippen LogP contribution in [0.5, 0.6) is 5.75 Å². The highest BCUT2D eigenvalue weighted by molar-refractivity contribution is 7.89. The van der Waals surface area contributed by atoms with Crippen molar-refractivity contribution in [1.29, 1.82) is 0 Å². The zero-order valence-electron chi connectivity index (χ0n) is 24.6. The maximum atomic E-state index is 14.3. The Hall–Kier alpha value is -4.41. The van der Waals surface area contributed by atoms with Crippen molar-refractivity contribution in [2.75, 3.05) is 31.6 Å². The van der Waals surface area contributed by atoms with Gasteiger partial charge in [-0.25, -0.2) is 13.2 Å². The minimum atomic E-state index is -4.10. The number of carbonyl (C=O) groups excluding carboxylic acids is 2. The Bertz CT molecular complexity index is 1770. The van der Waals surface area contributed by atoms with Crippen molar-refractivity contribution < 1.29 is 22.7 Å². The highest BCUT2D eigenvalue weighted by Gasteiger charge is 2.42. The van der Waals surface area contributed by atoms with E-state index < -0.39 is 28.0 Å². The van der Waals surface area contributed by atoms with Gasteiger partial charge in [0.15, 0.2) is 0 Å². The molecule has 3 amide bonds. The second-order valence-corrected chi connectivity index (χ2v) is 13.0. The highest BCUT2D eigenvalue weighted by atomic mass is 32.2. The molecule has 0 bridgehead atoms. The van der Waals surface area contributed by atoms with E-state index in [9.17, 15) is 18.0 Å². The van der Waals surface area contributed by atoms with Crippen molar-refractivity contribution in [3.05, 3.63) is 102 Å². The van der Waals surface area contributed by atoms with E-state index in [0.29, 0.717) is 23.4 Å². The van der Waals surface area contributed by atoms with Crippen LogP contribution in [0, 0.1) is 0 Å². The molecule has 2 aliphatic rings. The molecular weight excluding hydrogens is 576 g/mol. The van der Waals surface area contributed by atoms with Crippen molar-refractivity contribution in [3.8, 4) is 5.75 Å². The van der Waals surface area contributed by atoms with Gasteiger partial charge in [-0.15, -0.1) is 0 Å². The minimum Gasteiger partial charge on any atom is -0.494 e. The molecule has 1 aliphatic heterocycles. The fourth-order valence-corrected chi connectivity index (χ4v) is 7.96. The number of ether oxygens (including phenoxy) is 1. The number of hydrogen-bond acceptors (Lipinski definition) is 5. The fourth-order valence-electron chi connectivity index (χ4n) is 6.17. The Morgan fingerprint density at radius 3 is 2.48 bits per heavy atom. The number of aryl methyl sites for hydroxylation is 1. The molecule has 10 heteroatoms. The lowest BCUT2D eigenvalue weighted by atomic mass is 9.87. The van der Waals surface area contributed by atoms with Gasteiger partial charge in [0, 0.05) is 30.7 Å². The molecule has 0 aromatic heterocycles. The second kappa shape index (κ2) is 12.7. The molecule has 6 rings (SSSR count). The Balaban J connectivity index is 1.29. The van der Waals surface area contributed by atoms with Gasteiger partial charge in [0.25, 0.3) is 0 Å². The van der Waals surface area contributed by atoms with Gasteiger partial charge in [-0.05, 0) is 73.0 Å². The first-order valence-corrected chi connectivity index (χ1v) is 16.5. The molecule has 1 fully saturated rings. The van der Waals surface area contributed by atoms with Crippen molar-refractivity contribution >= 4 is 38.4 Å². The number of fused-ring (bicyclic) bond motifs is 2. The van der Waals surface area contributed by atoms with Gasteiger partial charge in [0.2, 0.25) is 15.9 Å². The summed E-state index contributed by atoms with van der Waals surface area (Å²) in [6, 6.07) is 25.8. The summed E-state index contributed by atoms with van der Waals surface area (Å²) < 4.78 is 35.3. The van der Waals surface area contributed by atoms with Crippen LogP contribution < -0.4 is 15.4 Å². The molecule has 4 aromatic carbocycles. The molecule has 2 unspecified atom stereocenters. The molecular formula is C34H36N4O5S. The lowest BCUT2D eigenvalue weighted by Gasteiger charge is -2.40. The number of carbonyl (C=O) groups is 2. The van der Waals surface area contributed by atoms with Crippen LogP contribution in [0.4, 0.5) is 10.5 Å². The molecule has 1 saturated heterocycles. The zero-order valence-corrected chi connectivity index (χ0v) is 25.4. The summed E-state index contributed by atoms with van der Waals surface area (Å²) in [6.07, 6.45) is 2.61. The minimum absolute atomic E-state index is 0.0262. The van der Waals surface area contributed by atoms with Crippen LogP contribution in [0.15, 0.2) is 95.9 Å². The Morgan fingerprint density at radius 2 is 1.66 bits per heavy atom. The maximum absolute atomic E-state index is 14.3. The van der Waals surface area contributed by atoms with Crippen LogP contribution in [-0.4, -0.2) is 61.8 Å². The van der Waals surface area contributed by atoms with E-state index in [1.165, 1.54) is 14.8 Å². The molecule has 228 valence electrons. The van der Waals surface area contributed by atoms with Gasteiger partial charge >= 0.3 is 6.03 Å². The van der Waals surface area contributed by atoms with E-state index in [0.717, 1.165) is 30.2 Å². The third-order valence-electron chi connectivity index (χ3n) is 8.36. The number of sulfonamides is 1. The normalized spacial score (nSPS) is 18.8. The van der Waals surface area contributed by atoms with Crippen molar-refractivity contribution in [2.45, 2.75) is 43.2 Å². The number of urea groups is 1. The summed E-state index contributed by atoms with van der Waals surface area (Å²) in [5.74, 6) is 0.271. The lowest BCUT2D eigenvalue weighted by molar-refractivity contribution is -0.127. The lowest BCUT2D eigenvalue weighted by Crippen LogP contribution is -2.62. The largest absolute Gasteiger partial charge is 0.494 e. The van der Waals surface area contributed by atoms with E-state index in [1.807, 2.05) is 43.3 Å². The molecule has 9 nitrogen and oxygen atoms in total. The molecule has 1 heterocycles. The molecule has 0 spiro atoms. The van der Waals surface area contributed by atoms with Gasteiger partial charge < -0.3 is 20.3 Å². The van der Waals surface area contributed by atoms with Gasteiger partial charge in [0.1, 0.15) is 11.8 Å². The standard InChI is InChI=1S/C34H36N4O5S/c1-2-43-27-19-17-26(18-20-27)35-34(40)37-21-22-38(44(41,42)32-16-8-12-25-10-4-6-14-29(25)32)31(23-37)33(39)36-30-15-7-11-24-9-3-5-13-28(24)30/h3-6,8-10,12-14,16-20,30-31H,2,7,11,15,21-23H2,1H3,(H,35,40)(H,36,39). The quantitative estimate of drug-likeness (QED) is 0.293. The monoisotopic (exact) mass is 612 g/mol. The topological polar surface area (TPSA) is 108 Å². The first kappa shape index (κ1) is 29.7. The molecule has 44 heavy (non-hydrogen) atoms.